The minimum Gasteiger partial charge on any atom is -0.347 e. The van der Waals surface area contributed by atoms with E-state index in [0.29, 0.717) is 12.6 Å². The van der Waals surface area contributed by atoms with Crippen molar-refractivity contribution >= 4 is 0 Å². The van der Waals surface area contributed by atoms with E-state index in [4.69, 9.17) is 5.73 Å². The summed E-state index contributed by atoms with van der Waals surface area (Å²) in [6.07, 6.45) is 3.57. The zero-order valence-electron chi connectivity index (χ0n) is 7.54. The molecule has 1 heterocycles. The Morgan fingerprint density at radius 1 is 1.67 bits per heavy atom. The molecule has 4 nitrogen and oxygen atoms in total. The number of rotatable bonds is 4. The van der Waals surface area contributed by atoms with Crippen molar-refractivity contribution in [2.24, 2.45) is 5.73 Å². The molecule has 0 aliphatic heterocycles. The number of nitrogens with zero attached hydrogens (tertiary/aromatic N) is 1. The van der Waals surface area contributed by atoms with Gasteiger partial charge in [0.15, 0.2) is 0 Å². The van der Waals surface area contributed by atoms with E-state index < -0.39 is 0 Å². The zero-order chi connectivity index (χ0) is 8.97. The van der Waals surface area contributed by atoms with Crippen molar-refractivity contribution in [3.8, 4) is 0 Å². The number of nitrogens with two attached hydrogens (primary N) is 1. The maximum absolute atomic E-state index is 5.48. The van der Waals surface area contributed by atoms with Gasteiger partial charge < -0.3 is 16.0 Å². The van der Waals surface area contributed by atoms with Crippen molar-refractivity contribution in [3.05, 3.63) is 18.2 Å². The van der Waals surface area contributed by atoms with Gasteiger partial charge in [-0.2, -0.15) is 0 Å². The molecule has 1 rings (SSSR count). The topological polar surface area (TPSA) is 66.7 Å². The van der Waals surface area contributed by atoms with E-state index in [-0.39, 0.29) is 6.04 Å². The molecular formula is C8H16N4. The van der Waals surface area contributed by atoms with E-state index in [1.54, 1.807) is 6.20 Å². The van der Waals surface area contributed by atoms with Gasteiger partial charge in [-0.1, -0.05) is 0 Å². The highest BCUT2D eigenvalue weighted by atomic mass is 15.0. The van der Waals surface area contributed by atoms with Gasteiger partial charge in [0.05, 0.1) is 6.04 Å². The standard InChI is InChI=1S/C8H16N4/c1-6(5-9)12-7(2)8-10-3-4-11-8/h3-4,6-7,12H,5,9H2,1-2H3,(H,10,11). The van der Waals surface area contributed by atoms with Crippen molar-refractivity contribution in [3.63, 3.8) is 0 Å². The Morgan fingerprint density at radius 3 is 2.92 bits per heavy atom. The van der Waals surface area contributed by atoms with E-state index >= 15 is 0 Å². The van der Waals surface area contributed by atoms with Crippen molar-refractivity contribution in [1.29, 1.82) is 0 Å². The third-order valence-electron chi connectivity index (χ3n) is 1.82. The predicted octanol–water partition coefficient (Wildman–Crippen LogP) is 0.407. The Hall–Kier alpha value is -0.870. The molecule has 12 heavy (non-hydrogen) atoms. The maximum atomic E-state index is 5.48. The van der Waals surface area contributed by atoms with E-state index in [9.17, 15) is 0 Å². The van der Waals surface area contributed by atoms with E-state index in [1.807, 2.05) is 6.20 Å². The summed E-state index contributed by atoms with van der Waals surface area (Å²) in [4.78, 5) is 7.20. The van der Waals surface area contributed by atoms with E-state index in [2.05, 4.69) is 29.1 Å². The summed E-state index contributed by atoms with van der Waals surface area (Å²) >= 11 is 0. The SMILES string of the molecule is CC(CN)NC(C)c1ncc[nH]1. The van der Waals surface area contributed by atoms with Gasteiger partial charge in [-0.15, -0.1) is 0 Å². The summed E-state index contributed by atoms with van der Waals surface area (Å²) in [5, 5.41) is 3.31. The number of aromatic amines is 1. The summed E-state index contributed by atoms with van der Waals surface area (Å²) < 4.78 is 0. The lowest BCUT2D eigenvalue weighted by Crippen LogP contribution is -2.35. The highest BCUT2D eigenvalue weighted by molar-refractivity contribution is 4.94. The summed E-state index contributed by atoms with van der Waals surface area (Å²) in [6.45, 7) is 4.76. The first kappa shape index (κ1) is 9.22. The van der Waals surface area contributed by atoms with Gasteiger partial charge in [-0.3, -0.25) is 0 Å². The molecule has 0 saturated heterocycles. The molecule has 0 radical (unpaired) electrons. The average Bonchev–Trinajstić information content (AvgIpc) is 2.56. The van der Waals surface area contributed by atoms with Gasteiger partial charge in [0, 0.05) is 25.0 Å². The Bertz CT molecular complexity index is 207. The van der Waals surface area contributed by atoms with Gasteiger partial charge in [0.25, 0.3) is 0 Å². The first-order valence-corrected chi connectivity index (χ1v) is 4.19. The molecular weight excluding hydrogens is 152 g/mol. The van der Waals surface area contributed by atoms with Crippen LogP contribution in [0.4, 0.5) is 0 Å². The molecule has 0 aliphatic carbocycles. The monoisotopic (exact) mass is 168 g/mol. The van der Waals surface area contributed by atoms with Crippen LogP contribution < -0.4 is 11.1 Å². The smallest absolute Gasteiger partial charge is 0.122 e. The Kier molecular flexibility index (Phi) is 3.25. The lowest BCUT2D eigenvalue weighted by molar-refractivity contribution is 0.471. The second-order valence-electron chi connectivity index (χ2n) is 3.00. The molecule has 2 unspecified atom stereocenters. The normalized spacial score (nSPS) is 15.9. The number of nitrogens with one attached hydrogen (secondary N) is 2. The van der Waals surface area contributed by atoms with Gasteiger partial charge in [0.1, 0.15) is 5.82 Å². The molecule has 0 aliphatic rings. The third kappa shape index (κ3) is 2.32. The van der Waals surface area contributed by atoms with Crippen LogP contribution in [0.3, 0.4) is 0 Å². The summed E-state index contributed by atoms with van der Waals surface area (Å²) in [5.41, 5.74) is 5.48. The molecule has 68 valence electrons. The fourth-order valence-electron chi connectivity index (χ4n) is 1.09. The van der Waals surface area contributed by atoms with E-state index in [1.165, 1.54) is 0 Å². The summed E-state index contributed by atoms with van der Waals surface area (Å²) in [5.74, 6) is 0.954. The van der Waals surface area contributed by atoms with Crippen LogP contribution in [0.5, 0.6) is 0 Å². The molecule has 4 N–H and O–H groups in total. The lowest BCUT2D eigenvalue weighted by Gasteiger charge is -2.16. The highest BCUT2D eigenvalue weighted by Gasteiger charge is 2.09. The number of H-pyrrole nitrogens is 1. The molecule has 1 aromatic heterocycles. The van der Waals surface area contributed by atoms with Gasteiger partial charge in [-0.05, 0) is 13.8 Å². The van der Waals surface area contributed by atoms with Crippen LogP contribution in [0.2, 0.25) is 0 Å². The first-order valence-electron chi connectivity index (χ1n) is 4.19. The Balaban J connectivity index is 2.44. The molecule has 4 heteroatoms. The number of hydrogen-bond acceptors (Lipinski definition) is 3. The minimum atomic E-state index is 0.235. The van der Waals surface area contributed by atoms with Crippen LogP contribution in [0.15, 0.2) is 12.4 Å². The quantitative estimate of drug-likeness (QED) is 0.610. The molecule has 0 saturated carbocycles. The number of imidazole rings is 1. The van der Waals surface area contributed by atoms with Crippen molar-refractivity contribution in [2.75, 3.05) is 6.54 Å². The minimum absolute atomic E-state index is 0.235. The summed E-state index contributed by atoms with van der Waals surface area (Å²) in [6, 6.07) is 0.559. The highest BCUT2D eigenvalue weighted by Crippen LogP contribution is 2.05. The molecule has 0 spiro atoms. The number of aromatic nitrogens is 2. The maximum Gasteiger partial charge on any atom is 0.122 e. The van der Waals surface area contributed by atoms with Crippen molar-refractivity contribution < 1.29 is 0 Å². The molecule has 2 atom stereocenters. The van der Waals surface area contributed by atoms with Gasteiger partial charge >= 0.3 is 0 Å². The summed E-state index contributed by atoms with van der Waals surface area (Å²) in [7, 11) is 0. The van der Waals surface area contributed by atoms with Crippen molar-refractivity contribution in [2.45, 2.75) is 25.9 Å². The zero-order valence-corrected chi connectivity index (χ0v) is 7.54. The fourth-order valence-corrected chi connectivity index (χ4v) is 1.09. The lowest BCUT2D eigenvalue weighted by atomic mass is 10.2. The van der Waals surface area contributed by atoms with Crippen LogP contribution in [-0.4, -0.2) is 22.6 Å². The first-order chi connectivity index (χ1) is 5.74. The van der Waals surface area contributed by atoms with E-state index in [0.717, 1.165) is 5.82 Å². The fraction of sp³-hybridized carbons (Fsp3) is 0.625. The van der Waals surface area contributed by atoms with Crippen LogP contribution in [0.25, 0.3) is 0 Å². The second-order valence-corrected chi connectivity index (χ2v) is 3.00. The Morgan fingerprint density at radius 2 is 2.42 bits per heavy atom. The van der Waals surface area contributed by atoms with Crippen LogP contribution in [0, 0.1) is 0 Å². The molecule has 0 amide bonds. The van der Waals surface area contributed by atoms with Gasteiger partial charge in [-0.25, -0.2) is 4.98 Å². The molecule has 0 bridgehead atoms. The molecule has 0 fully saturated rings. The van der Waals surface area contributed by atoms with Crippen LogP contribution >= 0.6 is 0 Å². The van der Waals surface area contributed by atoms with Gasteiger partial charge in [0.2, 0.25) is 0 Å². The second kappa shape index (κ2) is 4.23. The predicted molar refractivity (Wildman–Crippen MR) is 48.7 cm³/mol. The largest absolute Gasteiger partial charge is 0.347 e. The molecule has 1 aromatic rings. The number of hydrogen-bond donors (Lipinski definition) is 3. The third-order valence-corrected chi connectivity index (χ3v) is 1.82. The van der Waals surface area contributed by atoms with Crippen molar-refractivity contribution in [1.82, 2.24) is 15.3 Å². The Labute approximate surface area is 72.6 Å². The van der Waals surface area contributed by atoms with Crippen LogP contribution in [-0.2, 0) is 0 Å². The molecule has 0 aromatic carbocycles. The van der Waals surface area contributed by atoms with Crippen LogP contribution in [0.1, 0.15) is 25.7 Å². The average molecular weight is 168 g/mol.